The number of benzene rings is 4. The first-order valence-corrected chi connectivity index (χ1v) is 40.3. The molecule has 30 heteroatoms. The van der Waals surface area contributed by atoms with Gasteiger partial charge >= 0.3 is 69.2 Å². The zero-order valence-electron chi connectivity index (χ0n) is 64.4. The number of rotatable bonds is 34. The van der Waals surface area contributed by atoms with Crippen LogP contribution >= 0.6 is 14.7 Å². The van der Waals surface area contributed by atoms with Crippen LogP contribution in [-0.2, 0) is 68.0 Å². The van der Waals surface area contributed by atoms with E-state index in [9.17, 15) is 52.3 Å². The Morgan fingerprint density at radius 1 is 0.382 bits per heavy atom. The predicted octanol–water partition coefficient (Wildman–Crippen LogP) is 9.93. The number of hydrogen-bond donors (Lipinski definition) is 0. The summed E-state index contributed by atoms with van der Waals surface area (Å²) in [5.41, 5.74) is -3.18. The van der Waals surface area contributed by atoms with Crippen molar-refractivity contribution in [2.45, 2.75) is 159 Å². The van der Waals surface area contributed by atoms with Crippen molar-refractivity contribution in [3.05, 3.63) is 267 Å². The normalized spacial score (nSPS) is 15.5. The van der Waals surface area contributed by atoms with E-state index in [4.69, 9.17) is 23.3 Å². The fourth-order valence-corrected chi connectivity index (χ4v) is 16.4. The molecule has 0 saturated heterocycles. The molecule has 0 saturated carbocycles. The van der Waals surface area contributed by atoms with Crippen molar-refractivity contribution in [3.8, 4) is 51.8 Å². The van der Waals surface area contributed by atoms with Gasteiger partial charge in [0.15, 0.2) is 0 Å². The summed E-state index contributed by atoms with van der Waals surface area (Å²) in [7, 11) is -6.82. The smallest absolute Gasteiger partial charge is 0.336 e. The van der Waals surface area contributed by atoms with Crippen molar-refractivity contribution in [1.82, 2.24) is 56.1 Å². The topological polar surface area (TPSA) is 317 Å². The van der Waals surface area contributed by atoms with Crippen LogP contribution in [0, 0.1) is 23.7 Å². The number of fused-ring (bicyclic) bond motifs is 6. The number of aromatic nitrogens is 12. The lowest BCUT2D eigenvalue weighted by Gasteiger charge is -2.32. The van der Waals surface area contributed by atoms with Gasteiger partial charge in [-0.05, 0) is 65.5 Å². The van der Waals surface area contributed by atoms with Gasteiger partial charge in [-0.25, -0.2) is 84.3 Å². The Bertz CT molecular complexity index is 5230. The van der Waals surface area contributed by atoms with Gasteiger partial charge in [0, 0.05) is 50.0 Å². The SMILES string of the molecule is C=CCOc1nc(OCC=C)nc(OCC(C)CC)n1.C=CCn1c(=O)n(CC(C)CC)c(=O)n(CC(C)P2(=O)Oc3ccccc3-c3ccccc32)c1=O.C=CCn1c(=O)n(CC=C)c(=O)n(CC(C)CC)c1=O.C=CCn1c(=O)n(CCCP2(=O)Oc3ccccc3-c3ccccc32)c(=O)n(CC(C)CC)c1=O. The van der Waals surface area contributed by atoms with Crippen LogP contribution in [-0.4, -0.2) is 87.7 Å². The van der Waals surface area contributed by atoms with E-state index in [1.165, 1.54) is 24.3 Å². The summed E-state index contributed by atoms with van der Waals surface area (Å²) in [4.78, 5) is 127. The van der Waals surface area contributed by atoms with E-state index < -0.39 is 71.6 Å². The maximum absolute atomic E-state index is 14.4. The lowest BCUT2D eigenvalue weighted by Crippen LogP contribution is -2.55. The summed E-state index contributed by atoms with van der Waals surface area (Å²) in [5, 5.41) is 1.19. The zero-order valence-corrected chi connectivity index (χ0v) is 66.1. The maximum Gasteiger partial charge on any atom is 0.336 e. The minimum absolute atomic E-state index is 0.00418. The average molecular weight is 1550 g/mol. The van der Waals surface area contributed by atoms with Gasteiger partial charge in [0.2, 0.25) is 0 Å². The molecule has 0 spiro atoms. The number of allylic oxidation sites excluding steroid dienone is 4. The van der Waals surface area contributed by atoms with Gasteiger partial charge < -0.3 is 23.3 Å². The molecule has 7 atom stereocenters. The zero-order chi connectivity index (χ0) is 80.6. The van der Waals surface area contributed by atoms with Crippen LogP contribution in [0.15, 0.2) is 216 Å². The number of nitrogens with zero attached hydrogens (tertiary/aromatic N) is 12. The lowest BCUT2D eigenvalue weighted by molar-refractivity contribution is 0.221. The molecule has 8 aromatic rings. The Morgan fingerprint density at radius 2 is 0.700 bits per heavy atom. The summed E-state index contributed by atoms with van der Waals surface area (Å²) < 4.78 is 66.1. The highest BCUT2D eigenvalue weighted by molar-refractivity contribution is 7.68. The van der Waals surface area contributed by atoms with Crippen molar-refractivity contribution in [2.24, 2.45) is 23.7 Å². The third-order valence-electron chi connectivity index (χ3n) is 18.6. The largest absolute Gasteiger partial charge is 0.463 e. The molecule has 110 heavy (non-hydrogen) atoms. The molecule has 588 valence electrons. The van der Waals surface area contributed by atoms with Gasteiger partial charge in [-0.15, -0.1) is 41.3 Å². The second-order valence-corrected chi connectivity index (χ2v) is 32.1. The fraction of sp³-hybridized carbons (Fsp3) is 0.400. The molecule has 2 aliphatic heterocycles. The first-order chi connectivity index (χ1) is 52.7. The summed E-state index contributed by atoms with van der Waals surface area (Å²) >= 11 is 0. The van der Waals surface area contributed by atoms with Crippen LogP contribution in [0.3, 0.4) is 0 Å². The van der Waals surface area contributed by atoms with E-state index in [1.54, 1.807) is 43.3 Å². The van der Waals surface area contributed by atoms with E-state index in [0.717, 1.165) is 89.0 Å². The van der Waals surface area contributed by atoms with Gasteiger partial charge in [-0.2, -0.15) is 0 Å². The van der Waals surface area contributed by atoms with Crippen LogP contribution in [0.1, 0.15) is 94.4 Å². The Hall–Kier alpha value is -11.0. The number of para-hydroxylation sites is 2. The maximum atomic E-state index is 14.4. The van der Waals surface area contributed by atoms with E-state index in [1.807, 2.05) is 114 Å². The van der Waals surface area contributed by atoms with Crippen LogP contribution in [0.2, 0.25) is 0 Å². The first kappa shape index (κ1) is 86.3. The third kappa shape index (κ3) is 20.5. The predicted molar refractivity (Wildman–Crippen MR) is 431 cm³/mol. The Balaban J connectivity index is 0.000000211. The summed E-state index contributed by atoms with van der Waals surface area (Å²) in [5.74, 6) is 1.80. The Morgan fingerprint density at radius 3 is 1.10 bits per heavy atom. The standard InChI is InChI=1S/2C26H30N3O5P.2C14H21N3O3/c1-5-15-27-24(30)28(16-18(3)6-2)26(32)29(25(27)31)17-19(4)35(33)23-14-10-8-12-21(23)20-11-7-9-13-22(20)34-35;1-4-15-27-24(30)28(26(32)29(25(27)31)18-19(3)5-2)16-10-17-35(33)23-14-9-7-12-21(23)20-11-6-8-13-22(20)34-35;1-5-8-18-12-15-13(19-9-6-2)17-14(16-12)20-10-11(4)7-3;1-5-8-15-12(18)16(9-6-2)14(20)17(13(15)19)10-11(4)7-3/h5,7-14,18-19H,1,6,15-17H2,2-4H3;4,6-9,11-14,19H,1,5,10,15-18H2,2-3H3;2*5-6,11H,1-2,7-10H2,3-4H3. The van der Waals surface area contributed by atoms with Crippen LogP contribution in [0.4, 0.5) is 0 Å². The fourth-order valence-electron chi connectivity index (χ4n) is 11.7. The molecule has 4 aromatic carbocycles. The molecule has 6 heterocycles. The van der Waals surface area contributed by atoms with Crippen molar-refractivity contribution in [3.63, 3.8) is 0 Å². The van der Waals surface area contributed by atoms with Gasteiger partial charge in [0.25, 0.3) is 14.7 Å². The highest BCUT2D eigenvalue weighted by atomic mass is 31.2. The summed E-state index contributed by atoms with van der Waals surface area (Å²) in [6.45, 7) is 40.9. The monoisotopic (exact) mass is 1550 g/mol. The minimum atomic E-state index is -3.54. The second-order valence-electron chi connectivity index (χ2n) is 26.9. The van der Waals surface area contributed by atoms with Gasteiger partial charge in [-0.3, -0.25) is 9.13 Å². The van der Waals surface area contributed by atoms with E-state index in [-0.39, 0.29) is 101 Å². The Kier molecular flexibility index (Phi) is 31.7. The highest BCUT2D eigenvalue weighted by Crippen LogP contribution is 2.58. The van der Waals surface area contributed by atoms with Gasteiger partial charge in [0.05, 0.1) is 49.1 Å². The molecule has 0 radical (unpaired) electrons. The number of ether oxygens (including phenoxy) is 3. The molecule has 28 nitrogen and oxygen atoms in total. The van der Waals surface area contributed by atoms with Gasteiger partial charge in [-0.1, -0.05) is 210 Å². The molecule has 0 N–H and O–H groups in total. The van der Waals surface area contributed by atoms with E-state index in [0.29, 0.717) is 54.4 Å². The van der Waals surface area contributed by atoms with Crippen molar-refractivity contribution in [2.75, 3.05) is 26.0 Å². The molecular weight excluding hydrogens is 1450 g/mol. The average Bonchev–Trinajstić information content (AvgIpc) is 0.746. The molecular formula is C80H102N12O16P2. The minimum Gasteiger partial charge on any atom is -0.463 e. The summed E-state index contributed by atoms with van der Waals surface area (Å²) in [6.07, 6.45) is 12.8. The molecule has 2 aliphatic rings. The van der Waals surface area contributed by atoms with Crippen LogP contribution < -0.4 is 85.1 Å². The quantitative estimate of drug-likeness (QED) is 0.0267. The first-order valence-electron chi connectivity index (χ1n) is 36.8. The molecule has 7 unspecified atom stereocenters. The summed E-state index contributed by atoms with van der Waals surface area (Å²) in [6, 6.07) is 30.1. The Labute approximate surface area is 638 Å². The third-order valence-corrected chi connectivity index (χ3v) is 24.0. The molecule has 10 rings (SSSR count). The van der Waals surface area contributed by atoms with E-state index >= 15 is 0 Å². The van der Waals surface area contributed by atoms with Crippen molar-refractivity contribution < 1.29 is 32.4 Å². The second kappa shape index (κ2) is 40.5. The van der Waals surface area contributed by atoms with E-state index in [2.05, 4.69) is 68.3 Å². The number of hydrogen-bond acceptors (Lipinski definition) is 19. The molecule has 0 aliphatic carbocycles. The highest BCUT2D eigenvalue weighted by Gasteiger charge is 2.42. The molecule has 0 fully saturated rings. The van der Waals surface area contributed by atoms with Crippen molar-refractivity contribution >= 4 is 25.3 Å². The molecule has 4 aromatic heterocycles. The van der Waals surface area contributed by atoms with Crippen molar-refractivity contribution in [1.29, 1.82) is 0 Å². The van der Waals surface area contributed by atoms with Gasteiger partial charge in [0.1, 0.15) is 24.7 Å². The van der Waals surface area contributed by atoms with Crippen LogP contribution in [0.25, 0.3) is 22.3 Å². The molecule has 0 amide bonds. The lowest BCUT2D eigenvalue weighted by atomic mass is 10.0. The molecule has 0 bridgehead atoms. The van der Waals surface area contributed by atoms with Crippen LogP contribution in [0.5, 0.6) is 29.5 Å².